The molecule has 0 spiro atoms. The molecule has 2 nitrogen and oxygen atoms in total. The molecule has 0 radical (unpaired) electrons. The van der Waals surface area contributed by atoms with Crippen molar-refractivity contribution in [1.29, 1.82) is 0 Å². The molecule has 16 heavy (non-hydrogen) atoms. The first-order valence-electron chi connectivity index (χ1n) is 5.39. The second-order valence-electron chi connectivity index (χ2n) is 4.01. The maximum Gasteiger partial charge on any atom is 0.161 e. The van der Waals surface area contributed by atoms with Crippen molar-refractivity contribution in [3.8, 4) is 0 Å². The second-order valence-corrected chi connectivity index (χ2v) is 5.50. The lowest BCUT2D eigenvalue weighted by Crippen LogP contribution is -2.17. The molecule has 1 atom stereocenters. The van der Waals surface area contributed by atoms with Gasteiger partial charge in [-0.2, -0.15) is 0 Å². The summed E-state index contributed by atoms with van der Waals surface area (Å²) >= 11 is 7.84. The maximum atomic E-state index is 6.07. The summed E-state index contributed by atoms with van der Waals surface area (Å²) in [5, 5.41) is 5.10. The van der Waals surface area contributed by atoms with E-state index in [1.54, 1.807) is 11.8 Å². The number of nitrogens with zero attached hydrogens (tertiary/aromatic N) is 1. The van der Waals surface area contributed by atoms with Gasteiger partial charge in [-0.05, 0) is 38.0 Å². The highest BCUT2D eigenvalue weighted by Gasteiger charge is 2.11. The van der Waals surface area contributed by atoms with E-state index in [0.717, 1.165) is 33.6 Å². The summed E-state index contributed by atoms with van der Waals surface area (Å²) in [6.07, 6.45) is 1.16. The minimum Gasteiger partial charge on any atom is -0.335 e. The van der Waals surface area contributed by atoms with Crippen molar-refractivity contribution in [3.63, 3.8) is 0 Å². The van der Waals surface area contributed by atoms with E-state index >= 15 is 0 Å². The summed E-state index contributed by atoms with van der Waals surface area (Å²) in [6.45, 7) is 4.14. The van der Waals surface area contributed by atoms with Gasteiger partial charge < -0.3 is 5.32 Å². The predicted octanol–water partition coefficient (Wildman–Crippen LogP) is 3.94. The molecule has 0 fully saturated rings. The maximum absolute atomic E-state index is 6.07. The van der Waals surface area contributed by atoms with E-state index in [1.807, 2.05) is 25.1 Å². The Balaban J connectivity index is 2.11. The smallest absolute Gasteiger partial charge is 0.161 e. The third-order valence-electron chi connectivity index (χ3n) is 2.54. The number of thioether (sulfide) groups is 1. The SMILES string of the molecule is Cc1ccc(NC2=NC(C)CCS2)cc1Cl. The van der Waals surface area contributed by atoms with Crippen LogP contribution in [0.4, 0.5) is 5.69 Å². The lowest BCUT2D eigenvalue weighted by atomic mass is 10.2. The fourth-order valence-electron chi connectivity index (χ4n) is 1.49. The molecule has 1 heterocycles. The van der Waals surface area contributed by atoms with E-state index < -0.39 is 0 Å². The number of anilines is 1. The molecule has 1 aliphatic heterocycles. The first-order chi connectivity index (χ1) is 7.65. The van der Waals surface area contributed by atoms with Gasteiger partial charge in [-0.3, -0.25) is 4.99 Å². The number of nitrogens with one attached hydrogen (secondary N) is 1. The Bertz CT molecular complexity index is 417. The molecule has 86 valence electrons. The Hall–Kier alpha value is -0.670. The van der Waals surface area contributed by atoms with Gasteiger partial charge in [0.1, 0.15) is 0 Å². The summed E-state index contributed by atoms with van der Waals surface area (Å²) in [6, 6.07) is 6.41. The van der Waals surface area contributed by atoms with Crippen LogP contribution < -0.4 is 5.32 Å². The number of aliphatic imine (C=N–C) groups is 1. The third-order valence-corrected chi connectivity index (χ3v) is 3.86. The lowest BCUT2D eigenvalue weighted by Gasteiger charge is -2.17. The summed E-state index contributed by atoms with van der Waals surface area (Å²) < 4.78 is 0. The van der Waals surface area contributed by atoms with Crippen LogP contribution in [0.3, 0.4) is 0 Å². The van der Waals surface area contributed by atoms with Crippen molar-refractivity contribution < 1.29 is 0 Å². The molecule has 4 heteroatoms. The van der Waals surface area contributed by atoms with E-state index in [9.17, 15) is 0 Å². The average molecular weight is 255 g/mol. The first-order valence-corrected chi connectivity index (χ1v) is 6.75. The zero-order valence-electron chi connectivity index (χ0n) is 9.46. The normalized spacial score (nSPS) is 20.4. The summed E-state index contributed by atoms with van der Waals surface area (Å²) in [5.74, 6) is 1.13. The van der Waals surface area contributed by atoms with Crippen molar-refractivity contribution in [3.05, 3.63) is 28.8 Å². The van der Waals surface area contributed by atoms with Crippen molar-refractivity contribution in [2.75, 3.05) is 11.1 Å². The van der Waals surface area contributed by atoms with Crippen LogP contribution in [-0.4, -0.2) is 17.0 Å². The lowest BCUT2D eigenvalue weighted by molar-refractivity contribution is 0.720. The molecule has 1 aromatic rings. The van der Waals surface area contributed by atoms with Crippen molar-refractivity contribution in [1.82, 2.24) is 0 Å². The predicted molar refractivity (Wildman–Crippen MR) is 73.8 cm³/mol. The molecule has 1 aliphatic rings. The largest absolute Gasteiger partial charge is 0.335 e. The summed E-state index contributed by atoms with van der Waals surface area (Å²) in [4.78, 5) is 4.56. The Kier molecular flexibility index (Phi) is 3.77. The van der Waals surface area contributed by atoms with Gasteiger partial charge >= 0.3 is 0 Å². The van der Waals surface area contributed by atoms with E-state index in [1.165, 1.54) is 0 Å². The first kappa shape index (κ1) is 11.8. The minimum atomic E-state index is 0.421. The van der Waals surface area contributed by atoms with Crippen LogP contribution in [0.2, 0.25) is 5.02 Å². The molecule has 0 amide bonds. The highest BCUT2D eigenvalue weighted by Crippen LogP contribution is 2.23. The molecule has 0 saturated carbocycles. The van der Waals surface area contributed by atoms with Gasteiger partial charge in [-0.1, -0.05) is 29.4 Å². The van der Waals surface area contributed by atoms with Crippen LogP contribution in [0.15, 0.2) is 23.2 Å². The molecule has 0 saturated heterocycles. The van der Waals surface area contributed by atoms with Crippen LogP contribution >= 0.6 is 23.4 Å². The van der Waals surface area contributed by atoms with E-state index in [4.69, 9.17) is 11.6 Å². The van der Waals surface area contributed by atoms with Gasteiger partial charge in [0.2, 0.25) is 0 Å². The fraction of sp³-hybridized carbons (Fsp3) is 0.417. The molecule has 0 bridgehead atoms. The Labute approximate surface area is 105 Å². The number of halogens is 1. The zero-order valence-corrected chi connectivity index (χ0v) is 11.0. The average Bonchev–Trinajstić information content (AvgIpc) is 2.24. The molecule has 1 N–H and O–H groups in total. The molecule has 0 aliphatic carbocycles. The second kappa shape index (κ2) is 5.11. The fourth-order valence-corrected chi connectivity index (χ4v) is 2.77. The minimum absolute atomic E-state index is 0.421. The number of hydrogen-bond acceptors (Lipinski definition) is 3. The Morgan fingerprint density at radius 2 is 2.31 bits per heavy atom. The van der Waals surface area contributed by atoms with Crippen molar-refractivity contribution >= 4 is 34.2 Å². The van der Waals surface area contributed by atoms with Crippen LogP contribution in [0.25, 0.3) is 0 Å². The van der Waals surface area contributed by atoms with Gasteiger partial charge in [0, 0.05) is 16.5 Å². The number of rotatable bonds is 1. The van der Waals surface area contributed by atoms with E-state index in [0.29, 0.717) is 6.04 Å². The van der Waals surface area contributed by atoms with E-state index in [-0.39, 0.29) is 0 Å². The van der Waals surface area contributed by atoms with Gasteiger partial charge in [0.25, 0.3) is 0 Å². The standard InChI is InChI=1S/C12H15ClN2S/c1-8-3-4-10(7-11(8)13)15-12-14-9(2)5-6-16-12/h3-4,7,9H,5-6H2,1-2H3,(H,14,15). The number of benzene rings is 1. The number of hydrogen-bond donors (Lipinski definition) is 1. The molecule has 1 unspecified atom stereocenters. The van der Waals surface area contributed by atoms with Crippen LogP contribution in [0, 0.1) is 6.92 Å². The molecule has 1 aromatic carbocycles. The van der Waals surface area contributed by atoms with E-state index in [2.05, 4.69) is 17.2 Å². The van der Waals surface area contributed by atoms with Crippen LogP contribution in [0.1, 0.15) is 18.9 Å². The Morgan fingerprint density at radius 3 is 3.00 bits per heavy atom. The molecule has 2 rings (SSSR count). The quantitative estimate of drug-likeness (QED) is 0.821. The van der Waals surface area contributed by atoms with Crippen LogP contribution in [0.5, 0.6) is 0 Å². The molecular formula is C12H15ClN2S. The highest BCUT2D eigenvalue weighted by atomic mass is 35.5. The summed E-state index contributed by atoms with van der Waals surface area (Å²) in [5.41, 5.74) is 2.11. The van der Waals surface area contributed by atoms with Crippen molar-refractivity contribution in [2.45, 2.75) is 26.3 Å². The molecular weight excluding hydrogens is 240 g/mol. The topological polar surface area (TPSA) is 24.4 Å². The third kappa shape index (κ3) is 2.92. The van der Waals surface area contributed by atoms with Gasteiger partial charge in [-0.25, -0.2) is 0 Å². The number of aryl methyl sites for hydroxylation is 1. The van der Waals surface area contributed by atoms with Crippen molar-refractivity contribution in [2.24, 2.45) is 4.99 Å². The molecule has 0 aromatic heterocycles. The van der Waals surface area contributed by atoms with Crippen LogP contribution in [-0.2, 0) is 0 Å². The summed E-state index contributed by atoms with van der Waals surface area (Å²) in [7, 11) is 0. The van der Waals surface area contributed by atoms with Gasteiger partial charge in [-0.15, -0.1) is 0 Å². The monoisotopic (exact) mass is 254 g/mol. The van der Waals surface area contributed by atoms with Gasteiger partial charge in [0.05, 0.1) is 6.04 Å². The van der Waals surface area contributed by atoms with Gasteiger partial charge in [0.15, 0.2) is 5.17 Å². The highest BCUT2D eigenvalue weighted by molar-refractivity contribution is 8.14. The Morgan fingerprint density at radius 1 is 1.50 bits per heavy atom. The zero-order chi connectivity index (χ0) is 11.5. The number of amidine groups is 1.